The van der Waals surface area contributed by atoms with Crippen molar-refractivity contribution in [2.24, 2.45) is 0 Å². The molecule has 130 valence electrons. The van der Waals surface area contributed by atoms with Crippen LogP contribution >= 0.6 is 23.6 Å². The quantitative estimate of drug-likeness (QED) is 0.558. The molecule has 0 unspecified atom stereocenters. The molecule has 2 aromatic rings. The second-order valence-electron chi connectivity index (χ2n) is 4.53. The number of nitrogens with zero attached hydrogens (tertiary/aromatic N) is 3. The van der Waals surface area contributed by atoms with E-state index in [0.717, 1.165) is 17.4 Å². The monoisotopic (exact) mass is 378 g/mol. The van der Waals surface area contributed by atoms with Crippen LogP contribution in [-0.4, -0.2) is 32.3 Å². The molecule has 7 nitrogen and oxygen atoms in total. The van der Waals surface area contributed by atoms with Crippen LogP contribution in [0.1, 0.15) is 28.8 Å². The van der Waals surface area contributed by atoms with Crippen molar-refractivity contribution in [1.82, 2.24) is 30.9 Å². The van der Waals surface area contributed by atoms with Crippen molar-refractivity contribution < 1.29 is 18.0 Å². The topological polar surface area (TPSA) is 83.9 Å². The Labute approximate surface area is 144 Å². The predicted molar refractivity (Wildman–Crippen MR) is 85.9 cm³/mol. The third kappa shape index (κ3) is 4.20. The fourth-order valence-electron chi connectivity index (χ4n) is 1.70. The number of halogens is 3. The van der Waals surface area contributed by atoms with Gasteiger partial charge >= 0.3 is 6.18 Å². The van der Waals surface area contributed by atoms with E-state index in [4.69, 9.17) is 12.2 Å². The minimum absolute atomic E-state index is 0.0527. The summed E-state index contributed by atoms with van der Waals surface area (Å²) in [7, 11) is 0. The lowest BCUT2D eigenvalue weighted by molar-refractivity contribution is -0.142. The zero-order chi connectivity index (χ0) is 17.9. The molecule has 0 aliphatic carbocycles. The van der Waals surface area contributed by atoms with E-state index in [1.54, 1.807) is 0 Å². The fraction of sp³-hybridized carbons (Fsp3) is 0.333. The standard InChI is InChI=1S/C12H13F3N6OS2/c1-3-16-10(23)19-18-9(22)7-5-24-11(17-7)21-8(12(13,14)15)4-6(2)20-21/h4-5H,3H2,1-2H3,(H,18,22)(H2,16,19,23). The van der Waals surface area contributed by atoms with Crippen LogP contribution in [0.4, 0.5) is 13.2 Å². The van der Waals surface area contributed by atoms with Gasteiger partial charge in [0.25, 0.3) is 5.91 Å². The maximum absolute atomic E-state index is 13.0. The van der Waals surface area contributed by atoms with Gasteiger partial charge < -0.3 is 5.32 Å². The van der Waals surface area contributed by atoms with Crippen LogP contribution in [0.15, 0.2) is 11.4 Å². The molecule has 0 atom stereocenters. The molecule has 2 heterocycles. The first kappa shape index (κ1) is 18.1. The van der Waals surface area contributed by atoms with Gasteiger partial charge in [0.1, 0.15) is 5.69 Å². The van der Waals surface area contributed by atoms with Crippen LogP contribution in [0.2, 0.25) is 0 Å². The highest BCUT2D eigenvalue weighted by Gasteiger charge is 2.36. The average Bonchev–Trinajstić information content (AvgIpc) is 3.10. The number of rotatable bonds is 3. The van der Waals surface area contributed by atoms with Crippen LogP contribution in [0.5, 0.6) is 0 Å². The average molecular weight is 378 g/mol. The van der Waals surface area contributed by atoms with E-state index in [0.29, 0.717) is 11.2 Å². The lowest BCUT2D eigenvalue weighted by atomic mass is 10.3. The zero-order valence-corrected chi connectivity index (χ0v) is 14.2. The number of thiocarbonyl (C=S) groups is 1. The molecule has 24 heavy (non-hydrogen) atoms. The number of carbonyl (C=O) groups excluding carboxylic acids is 1. The molecule has 0 aliphatic heterocycles. The Morgan fingerprint density at radius 3 is 2.75 bits per heavy atom. The van der Waals surface area contributed by atoms with Crippen molar-refractivity contribution in [1.29, 1.82) is 0 Å². The highest BCUT2D eigenvalue weighted by molar-refractivity contribution is 7.80. The van der Waals surface area contributed by atoms with E-state index in [-0.39, 0.29) is 21.6 Å². The Balaban J connectivity index is 2.17. The number of amides is 1. The van der Waals surface area contributed by atoms with Crippen LogP contribution in [-0.2, 0) is 6.18 Å². The largest absolute Gasteiger partial charge is 0.433 e. The van der Waals surface area contributed by atoms with Gasteiger partial charge in [-0.05, 0) is 32.1 Å². The molecule has 0 fully saturated rings. The smallest absolute Gasteiger partial charge is 0.362 e. The van der Waals surface area contributed by atoms with Crippen LogP contribution in [0.3, 0.4) is 0 Å². The first-order valence-corrected chi connectivity index (χ1v) is 7.95. The number of thiazole rings is 1. The van der Waals surface area contributed by atoms with Gasteiger partial charge in [-0.2, -0.15) is 18.3 Å². The molecule has 0 radical (unpaired) electrons. The SMILES string of the molecule is CCNC(=S)NNC(=O)c1csc(-n2nc(C)cc2C(F)(F)F)n1. The molecule has 0 aliphatic rings. The molecule has 3 N–H and O–H groups in total. The first-order valence-electron chi connectivity index (χ1n) is 6.66. The summed E-state index contributed by atoms with van der Waals surface area (Å²) in [6.07, 6.45) is -4.57. The number of aromatic nitrogens is 3. The second-order valence-corrected chi connectivity index (χ2v) is 5.78. The van der Waals surface area contributed by atoms with Gasteiger partial charge in [-0.1, -0.05) is 0 Å². The van der Waals surface area contributed by atoms with Gasteiger partial charge in [0.2, 0.25) is 5.13 Å². The van der Waals surface area contributed by atoms with Crippen LogP contribution in [0.25, 0.3) is 5.13 Å². The summed E-state index contributed by atoms with van der Waals surface area (Å²) in [5, 5.41) is 8.03. The molecule has 2 rings (SSSR count). The van der Waals surface area contributed by atoms with Crippen molar-refractivity contribution in [2.75, 3.05) is 6.54 Å². The van der Waals surface area contributed by atoms with Crippen molar-refractivity contribution in [3.05, 3.63) is 28.5 Å². The van der Waals surface area contributed by atoms with Gasteiger partial charge in [-0.15, -0.1) is 11.3 Å². The summed E-state index contributed by atoms with van der Waals surface area (Å²) in [5.74, 6) is -0.629. The molecular formula is C12H13F3N6OS2. The Morgan fingerprint density at radius 1 is 1.42 bits per heavy atom. The number of hydrogen-bond donors (Lipinski definition) is 3. The maximum Gasteiger partial charge on any atom is 0.433 e. The molecule has 0 saturated carbocycles. The normalized spacial score (nSPS) is 11.2. The van der Waals surface area contributed by atoms with Crippen LogP contribution in [0, 0.1) is 6.92 Å². The van der Waals surface area contributed by atoms with Crippen molar-refractivity contribution in [3.63, 3.8) is 0 Å². The molecule has 0 spiro atoms. The van der Waals surface area contributed by atoms with Gasteiger partial charge in [0, 0.05) is 11.9 Å². The van der Waals surface area contributed by atoms with E-state index in [1.807, 2.05) is 6.92 Å². The molecule has 12 heteroatoms. The zero-order valence-electron chi connectivity index (χ0n) is 12.6. The van der Waals surface area contributed by atoms with E-state index in [1.165, 1.54) is 12.3 Å². The number of aryl methyl sites for hydroxylation is 1. The lowest BCUT2D eigenvalue weighted by Gasteiger charge is -2.09. The fourth-order valence-corrected chi connectivity index (χ4v) is 2.66. The number of carbonyl (C=O) groups is 1. The van der Waals surface area contributed by atoms with E-state index >= 15 is 0 Å². The summed E-state index contributed by atoms with van der Waals surface area (Å²) >= 11 is 5.74. The molecular weight excluding hydrogens is 365 g/mol. The highest BCUT2D eigenvalue weighted by Crippen LogP contribution is 2.32. The first-order chi connectivity index (χ1) is 11.2. The minimum atomic E-state index is -4.57. The van der Waals surface area contributed by atoms with Gasteiger partial charge in [0.05, 0.1) is 5.69 Å². The Hall–Kier alpha value is -2.21. The lowest BCUT2D eigenvalue weighted by Crippen LogP contribution is -2.46. The number of nitrogens with one attached hydrogen (secondary N) is 3. The minimum Gasteiger partial charge on any atom is -0.362 e. The third-order valence-corrected chi connectivity index (χ3v) is 3.72. The van der Waals surface area contributed by atoms with E-state index < -0.39 is 17.8 Å². The molecule has 2 aromatic heterocycles. The molecule has 0 bridgehead atoms. The Bertz CT molecular complexity index is 754. The number of hydrogen-bond acceptors (Lipinski definition) is 5. The van der Waals surface area contributed by atoms with Crippen molar-refractivity contribution >= 4 is 34.6 Å². The van der Waals surface area contributed by atoms with Gasteiger partial charge in [-0.25, -0.2) is 9.67 Å². The van der Waals surface area contributed by atoms with Crippen molar-refractivity contribution in [3.8, 4) is 5.13 Å². The summed E-state index contributed by atoms with van der Waals surface area (Å²) in [5.41, 5.74) is 3.94. The maximum atomic E-state index is 13.0. The highest BCUT2D eigenvalue weighted by atomic mass is 32.1. The summed E-state index contributed by atoms with van der Waals surface area (Å²) < 4.78 is 39.7. The van der Waals surface area contributed by atoms with Crippen LogP contribution < -0.4 is 16.2 Å². The Morgan fingerprint density at radius 2 is 2.12 bits per heavy atom. The van der Waals surface area contributed by atoms with Gasteiger partial charge in [-0.3, -0.25) is 15.6 Å². The molecule has 1 amide bonds. The third-order valence-electron chi connectivity index (χ3n) is 2.65. The predicted octanol–water partition coefficient (Wildman–Crippen LogP) is 1.78. The summed E-state index contributed by atoms with van der Waals surface area (Å²) in [4.78, 5) is 15.8. The summed E-state index contributed by atoms with van der Waals surface area (Å²) in [6, 6.07) is 0.914. The van der Waals surface area contributed by atoms with Crippen molar-refractivity contribution in [2.45, 2.75) is 20.0 Å². The second kappa shape index (κ2) is 7.13. The Kier molecular flexibility index (Phi) is 5.39. The van der Waals surface area contributed by atoms with E-state index in [2.05, 4.69) is 26.3 Å². The summed E-state index contributed by atoms with van der Waals surface area (Å²) in [6.45, 7) is 3.84. The van der Waals surface area contributed by atoms with Gasteiger partial charge in [0.15, 0.2) is 10.8 Å². The number of hydrazine groups is 1. The van der Waals surface area contributed by atoms with E-state index in [9.17, 15) is 18.0 Å². The molecule has 0 aromatic carbocycles. The molecule has 0 saturated heterocycles. The number of alkyl halides is 3.